The van der Waals surface area contributed by atoms with Gasteiger partial charge in [-0.1, -0.05) is 23.8 Å². The van der Waals surface area contributed by atoms with Gasteiger partial charge in [-0.25, -0.2) is 13.2 Å². The lowest BCUT2D eigenvalue weighted by Gasteiger charge is -2.19. The molecular formula is C16H16F3N. The van der Waals surface area contributed by atoms with Gasteiger partial charge in [0.2, 0.25) is 0 Å². The maximum absolute atomic E-state index is 13.6. The van der Waals surface area contributed by atoms with E-state index in [1.54, 1.807) is 0 Å². The lowest BCUT2D eigenvalue weighted by Crippen LogP contribution is -2.10. The molecule has 0 heterocycles. The van der Waals surface area contributed by atoms with E-state index in [4.69, 9.17) is 0 Å². The smallest absolute Gasteiger partial charge is 0.182 e. The van der Waals surface area contributed by atoms with E-state index >= 15 is 0 Å². The van der Waals surface area contributed by atoms with Crippen LogP contribution in [0.15, 0.2) is 30.3 Å². The van der Waals surface area contributed by atoms with Crippen LogP contribution in [-0.2, 0) is 0 Å². The highest BCUT2D eigenvalue weighted by atomic mass is 19.2. The number of benzene rings is 2. The summed E-state index contributed by atoms with van der Waals surface area (Å²) >= 11 is 0. The Morgan fingerprint density at radius 1 is 1.00 bits per heavy atom. The quantitative estimate of drug-likeness (QED) is 0.788. The van der Waals surface area contributed by atoms with E-state index in [1.807, 2.05) is 39.0 Å². The Morgan fingerprint density at radius 2 is 1.70 bits per heavy atom. The van der Waals surface area contributed by atoms with Crippen molar-refractivity contribution in [2.45, 2.75) is 26.8 Å². The van der Waals surface area contributed by atoms with Crippen LogP contribution in [-0.4, -0.2) is 0 Å². The van der Waals surface area contributed by atoms with Crippen molar-refractivity contribution in [1.29, 1.82) is 0 Å². The maximum atomic E-state index is 13.6. The maximum Gasteiger partial charge on any atom is 0.182 e. The molecule has 4 heteroatoms. The van der Waals surface area contributed by atoms with Gasteiger partial charge < -0.3 is 5.32 Å². The summed E-state index contributed by atoms with van der Waals surface area (Å²) < 4.78 is 39.9. The van der Waals surface area contributed by atoms with Gasteiger partial charge in [-0.15, -0.1) is 0 Å². The van der Waals surface area contributed by atoms with Gasteiger partial charge in [-0.3, -0.25) is 0 Å². The Morgan fingerprint density at radius 3 is 2.35 bits per heavy atom. The summed E-state index contributed by atoms with van der Waals surface area (Å²) in [6.45, 7) is 5.75. The summed E-state index contributed by atoms with van der Waals surface area (Å²) in [6, 6.07) is 7.11. The van der Waals surface area contributed by atoms with Crippen molar-refractivity contribution in [2.24, 2.45) is 0 Å². The standard InChI is InChI=1S/C16H16F3N/c1-9-4-5-13(10(2)6-9)11(3)20-15-8-12(17)7-14(18)16(15)19/h4-8,11,20H,1-3H3. The lowest BCUT2D eigenvalue weighted by molar-refractivity contribution is 0.496. The molecule has 0 saturated heterocycles. The Bertz CT molecular complexity index is 638. The zero-order chi connectivity index (χ0) is 14.9. The molecule has 0 aliphatic heterocycles. The predicted octanol–water partition coefficient (Wildman–Crippen LogP) is 4.89. The molecule has 0 aliphatic carbocycles. The molecule has 0 fully saturated rings. The zero-order valence-electron chi connectivity index (χ0n) is 11.6. The number of rotatable bonds is 3. The molecule has 2 rings (SSSR count). The molecule has 0 amide bonds. The topological polar surface area (TPSA) is 12.0 Å². The SMILES string of the molecule is Cc1ccc(C(C)Nc2cc(F)cc(F)c2F)c(C)c1. The highest BCUT2D eigenvalue weighted by Crippen LogP contribution is 2.26. The highest BCUT2D eigenvalue weighted by molar-refractivity contribution is 5.48. The van der Waals surface area contributed by atoms with Crippen LogP contribution >= 0.6 is 0 Å². The van der Waals surface area contributed by atoms with Crippen LogP contribution in [0.2, 0.25) is 0 Å². The van der Waals surface area contributed by atoms with E-state index in [1.165, 1.54) is 0 Å². The summed E-state index contributed by atoms with van der Waals surface area (Å²) in [5, 5.41) is 2.81. The van der Waals surface area contributed by atoms with Crippen LogP contribution in [0.1, 0.15) is 29.7 Å². The van der Waals surface area contributed by atoms with E-state index in [0.717, 1.165) is 22.8 Å². The summed E-state index contributed by atoms with van der Waals surface area (Å²) in [5.41, 5.74) is 2.96. The molecule has 1 nitrogen and oxygen atoms in total. The molecule has 0 aromatic heterocycles. The third kappa shape index (κ3) is 2.95. The predicted molar refractivity (Wildman–Crippen MR) is 74.3 cm³/mol. The van der Waals surface area contributed by atoms with Gasteiger partial charge in [-0.05, 0) is 31.9 Å². The molecule has 1 atom stereocenters. The van der Waals surface area contributed by atoms with Crippen molar-refractivity contribution < 1.29 is 13.2 Å². The third-order valence-corrected chi connectivity index (χ3v) is 3.26. The Hall–Kier alpha value is -1.97. The second-order valence-corrected chi connectivity index (χ2v) is 4.98. The fourth-order valence-electron chi connectivity index (χ4n) is 2.28. The summed E-state index contributed by atoms with van der Waals surface area (Å²) in [6.07, 6.45) is 0. The van der Waals surface area contributed by atoms with Crippen LogP contribution in [0, 0.1) is 31.3 Å². The number of hydrogen-bond acceptors (Lipinski definition) is 1. The van der Waals surface area contributed by atoms with Gasteiger partial charge in [0.05, 0.1) is 5.69 Å². The average molecular weight is 279 g/mol. The molecule has 0 bridgehead atoms. The summed E-state index contributed by atoms with van der Waals surface area (Å²) in [7, 11) is 0. The van der Waals surface area contributed by atoms with Crippen molar-refractivity contribution >= 4 is 5.69 Å². The van der Waals surface area contributed by atoms with Gasteiger partial charge in [0, 0.05) is 18.2 Å². The minimum atomic E-state index is -1.19. The molecule has 0 saturated carbocycles. The van der Waals surface area contributed by atoms with E-state index in [-0.39, 0.29) is 11.7 Å². The van der Waals surface area contributed by atoms with Crippen molar-refractivity contribution in [1.82, 2.24) is 0 Å². The van der Waals surface area contributed by atoms with Crippen molar-refractivity contribution in [3.8, 4) is 0 Å². The van der Waals surface area contributed by atoms with Gasteiger partial charge in [0.25, 0.3) is 0 Å². The molecule has 106 valence electrons. The number of nitrogens with one attached hydrogen (secondary N) is 1. The molecule has 0 spiro atoms. The molecule has 0 aliphatic rings. The van der Waals surface area contributed by atoms with Gasteiger partial charge in [0.15, 0.2) is 11.6 Å². The monoisotopic (exact) mass is 279 g/mol. The lowest BCUT2D eigenvalue weighted by atomic mass is 10.00. The van der Waals surface area contributed by atoms with E-state index < -0.39 is 17.5 Å². The van der Waals surface area contributed by atoms with Gasteiger partial charge >= 0.3 is 0 Å². The average Bonchev–Trinajstić information content (AvgIpc) is 2.35. The number of hydrogen-bond donors (Lipinski definition) is 1. The molecule has 0 radical (unpaired) electrons. The molecule has 20 heavy (non-hydrogen) atoms. The normalized spacial score (nSPS) is 12.3. The first kappa shape index (κ1) is 14.4. The largest absolute Gasteiger partial charge is 0.376 e. The van der Waals surface area contributed by atoms with Crippen LogP contribution in [0.3, 0.4) is 0 Å². The van der Waals surface area contributed by atoms with E-state index in [0.29, 0.717) is 6.07 Å². The third-order valence-electron chi connectivity index (χ3n) is 3.26. The van der Waals surface area contributed by atoms with Crippen LogP contribution in [0.4, 0.5) is 18.9 Å². The molecule has 2 aromatic rings. The fraction of sp³-hybridized carbons (Fsp3) is 0.250. The first-order valence-electron chi connectivity index (χ1n) is 6.36. The number of halogens is 3. The molecule has 1 N–H and O–H groups in total. The first-order chi connectivity index (χ1) is 9.38. The number of anilines is 1. The molecule has 2 aromatic carbocycles. The van der Waals surface area contributed by atoms with Gasteiger partial charge in [-0.2, -0.15) is 0 Å². The minimum absolute atomic E-state index is 0.171. The minimum Gasteiger partial charge on any atom is -0.376 e. The first-order valence-corrected chi connectivity index (χ1v) is 6.36. The van der Waals surface area contributed by atoms with Crippen LogP contribution < -0.4 is 5.32 Å². The Labute approximate surface area is 116 Å². The zero-order valence-corrected chi connectivity index (χ0v) is 11.6. The van der Waals surface area contributed by atoms with Gasteiger partial charge in [0.1, 0.15) is 5.82 Å². The number of aryl methyl sites for hydroxylation is 2. The second-order valence-electron chi connectivity index (χ2n) is 4.98. The van der Waals surface area contributed by atoms with E-state index in [9.17, 15) is 13.2 Å². The highest BCUT2D eigenvalue weighted by Gasteiger charge is 2.15. The molecular weight excluding hydrogens is 263 g/mol. The van der Waals surface area contributed by atoms with E-state index in [2.05, 4.69) is 5.32 Å². The van der Waals surface area contributed by atoms with Crippen LogP contribution in [0.5, 0.6) is 0 Å². The summed E-state index contributed by atoms with van der Waals surface area (Å²) in [5.74, 6) is -3.07. The summed E-state index contributed by atoms with van der Waals surface area (Å²) in [4.78, 5) is 0. The van der Waals surface area contributed by atoms with Crippen molar-refractivity contribution in [3.05, 3.63) is 64.5 Å². The van der Waals surface area contributed by atoms with Crippen LogP contribution in [0.25, 0.3) is 0 Å². The fourth-order valence-corrected chi connectivity index (χ4v) is 2.28. The Kier molecular flexibility index (Phi) is 4.02. The molecule has 1 unspecified atom stereocenters. The van der Waals surface area contributed by atoms with Crippen molar-refractivity contribution in [3.63, 3.8) is 0 Å². The Balaban J connectivity index is 2.30. The van der Waals surface area contributed by atoms with Crippen molar-refractivity contribution in [2.75, 3.05) is 5.32 Å². The second kappa shape index (κ2) is 5.57.